The SMILES string of the molecule is CN(CC(=O)Nc1cccc(F)c1)CC1CCCCC1O. The third-order valence-electron chi connectivity index (χ3n) is 3.94. The van der Waals surface area contributed by atoms with E-state index in [1.54, 1.807) is 12.1 Å². The largest absolute Gasteiger partial charge is 0.393 e. The number of halogens is 1. The molecule has 2 atom stereocenters. The van der Waals surface area contributed by atoms with Crippen molar-refractivity contribution in [3.8, 4) is 0 Å². The van der Waals surface area contributed by atoms with E-state index in [2.05, 4.69) is 5.32 Å². The van der Waals surface area contributed by atoms with E-state index in [9.17, 15) is 14.3 Å². The van der Waals surface area contributed by atoms with Gasteiger partial charge in [-0.05, 0) is 44.0 Å². The summed E-state index contributed by atoms with van der Waals surface area (Å²) in [6, 6.07) is 5.86. The van der Waals surface area contributed by atoms with Crippen LogP contribution < -0.4 is 5.32 Å². The number of amides is 1. The average molecular weight is 294 g/mol. The number of hydrogen-bond acceptors (Lipinski definition) is 3. The van der Waals surface area contributed by atoms with Crippen molar-refractivity contribution in [2.75, 3.05) is 25.5 Å². The Labute approximate surface area is 125 Å². The minimum absolute atomic E-state index is 0.173. The topological polar surface area (TPSA) is 52.6 Å². The van der Waals surface area contributed by atoms with Crippen LogP contribution in [0.3, 0.4) is 0 Å². The Bertz CT molecular complexity index is 481. The highest BCUT2D eigenvalue weighted by Crippen LogP contribution is 2.24. The van der Waals surface area contributed by atoms with Gasteiger partial charge in [0, 0.05) is 12.2 Å². The summed E-state index contributed by atoms with van der Waals surface area (Å²) >= 11 is 0. The van der Waals surface area contributed by atoms with Gasteiger partial charge < -0.3 is 10.4 Å². The van der Waals surface area contributed by atoms with E-state index in [0.717, 1.165) is 25.7 Å². The fraction of sp³-hybridized carbons (Fsp3) is 0.562. The first kappa shape index (κ1) is 15.9. The second-order valence-electron chi connectivity index (χ2n) is 5.87. The number of rotatable bonds is 5. The van der Waals surface area contributed by atoms with Gasteiger partial charge in [-0.3, -0.25) is 9.69 Å². The van der Waals surface area contributed by atoms with Crippen LogP contribution in [0.1, 0.15) is 25.7 Å². The zero-order chi connectivity index (χ0) is 15.2. The van der Waals surface area contributed by atoms with Gasteiger partial charge in [-0.25, -0.2) is 4.39 Å². The highest BCUT2D eigenvalue weighted by Gasteiger charge is 2.24. The Balaban J connectivity index is 1.79. The van der Waals surface area contributed by atoms with Crippen molar-refractivity contribution >= 4 is 11.6 Å². The summed E-state index contributed by atoms with van der Waals surface area (Å²) < 4.78 is 13.0. The van der Waals surface area contributed by atoms with E-state index in [1.165, 1.54) is 12.1 Å². The number of aliphatic hydroxyl groups excluding tert-OH is 1. The molecule has 1 fully saturated rings. The molecule has 0 aromatic heterocycles. The van der Waals surface area contributed by atoms with Crippen LogP contribution in [0.25, 0.3) is 0 Å². The molecular formula is C16H23FN2O2. The van der Waals surface area contributed by atoms with Crippen molar-refractivity contribution in [2.45, 2.75) is 31.8 Å². The maximum atomic E-state index is 13.0. The Morgan fingerprint density at radius 1 is 1.43 bits per heavy atom. The van der Waals surface area contributed by atoms with Crippen molar-refractivity contribution in [2.24, 2.45) is 5.92 Å². The van der Waals surface area contributed by atoms with Gasteiger partial charge in [-0.2, -0.15) is 0 Å². The number of carbonyl (C=O) groups is 1. The summed E-state index contributed by atoms with van der Waals surface area (Å²) in [6.45, 7) is 0.942. The zero-order valence-electron chi connectivity index (χ0n) is 12.4. The molecule has 5 heteroatoms. The molecule has 0 spiro atoms. The Morgan fingerprint density at radius 3 is 2.90 bits per heavy atom. The molecule has 2 unspecified atom stereocenters. The van der Waals surface area contributed by atoms with E-state index in [0.29, 0.717) is 12.2 Å². The fourth-order valence-electron chi connectivity index (χ4n) is 2.88. The van der Waals surface area contributed by atoms with Crippen LogP contribution in [-0.2, 0) is 4.79 Å². The third-order valence-corrected chi connectivity index (χ3v) is 3.94. The molecule has 1 saturated carbocycles. The maximum absolute atomic E-state index is 13.0. The van der Waals surface area contributed by atoms with Gasteiger partial charge in [0.05, 0.1) is 12.6 Å². The first-order chi connectivity index (χ1) is 10.0. The van der Waals surface area contributed by atoms with Crippen molar-refractivity contribution in [3.63, 3.8) is 0 Å². The molecule has 0 radical (unpaired) electrons. The number of nitrogens with zero attached hydrogens (tertiary/aromatic N) is 1. The zero-order valence-corrected chi connectivity index (χ0v) is 12.4. The van der Waals surface area contributed by atoms with Crippen LogP contribution in [0.4, 0.5) is 10.1 Å². The van der Waals surface area contributed by atoms with Crippen LogP contribution in [0, 0.1) is 11.7 Å². The lowest BCUT2D eigenvalue weighted by molar-refractivity contribution is -0.117. The van der Waals surface area contributed by atoms with Crippen LogP contribution in [0.15, 0.2) is 24.3 Å². The van der Waals surface area contributed by atoms with Gasteiger partial charge >= 0.3 is 0 Å². The summed E-state index contributed by atoms with van der Waals surface area (Å²) in [4.78, 5) is 13.8. The molecule has 2 rings (SSSR count). The number of anilines is 1. The predicted molar refractivity (Wildman–Crippen MR) is 80.5 cm³/mol. The molecule has 0 bridgehead atoms. The summed E-state index contributed by atoms with van der Waals surface area (Å²) in [5.41, 5.74) is 0.464. The molecule has 116 valence electrons. The van der Waals surface area contributed by atoms with Crippen molar-refractivity contribution in [3.05, 3.63) is 30.1 Å². The highest BCUT2D eigenvalue weighted by molar-refractivity contribution is 5.92. The van der Waals surface area contributed by atoms with Crippen molar-refractivity contribution < 1.29 is 14.3 Å². The normalized spacial score (nSPS) is 22.3. The smallest absolute Gasteiger partial charge is 0.238 e. The summed E-state index contributed by atoms with van der Waals surface area (Å²) in [7, 11) is 1.87. The lowest BCUT2D eigenvalue weighted by atomic mass is 9.86. The monoisotopic (exact) mass is 294 g/mol. The van der Waals surface area contributed by atoms with E-state index in [1.807, 2.05) is 11.9 Å². The number of likely N-dealkylation sites (N-methyl/N-ethyl adjacent to an activating group) is 1. The molecule has 1 aliphatic carbocycles. The van der Waals surface area contributed by atoms with Crippen molar-refractivity contribution in [1.82, 2.24) is 4.90 Å². The fourth-order valence-corrected chi connectivity index (χ4v) is 2.88. The maximum Gasteiger partial charge on any atom is 0.238 e. The van der Waals surface area contributed by atoms with Gasteiger partial charge in [0.1, 0.15) is 5.82 Å². The molecule has 21 heavy (non-hydrogen) atoms. The van der Waals surface area contributed by atoms with Crippen molar-refractivity contribution in [1.29, 1.82) is 0 Å². The molecule has 2 N–H and O–H groups in total. The van der Waals surface area contributed by atoms with E-state index in [-0.39, 0.29) is 30.3 Å². The molecule has 0 saturated heterocycles. The average Bonchev–Trinajstić information content (AvgIpc) is 2.41. The molecule has 1 aromatic carbocycles. The van der Waals surface area contributed by atoms with Gasteiger partial charge in [0.2, 0.25) is 5.91 Å². The van der Waals surface area contributed by atoms with Crippen LogP contribution in [0.5, 0.6) is 0 Å². The Morgan fingerprint density at radius 2 is 2.19 bits per heavy atom. The summed E-state index contributed by atoms with van der Waals surface area (Å²) in [6.07, 6.45) is 3.84. The van der Waals surface area contributed by atoms with Crippen LogP contribution in [0.2, 0.25) is 0 Å². The number of carbonyl (C=O) groups excluding carboxylic acids is 1. The third kappa shape index (κ3) is 5.10. The summed E-state index contributed by atoms with van der Waals surface area (Å²) in [5.74, 6) is -0.300. The minimum atomic E-state index is -0.369. The minimum Gasteiger partial charge on any atom is -0.393 e. The first-order valence-electron chi connectivity index (χ1n) is 7.46. The molecule has 0 heterocycles. The van der Waals surface area contributed by atoms with Crippen LogP contribution in [-0.4, -0.2) is 42.2 Å². The highest BCUT2D eigenvalue weighted by atomic mass is 19.1. The molecule has 1 aromatic rings. The number of benzene rings is 1. The van der Waals surface area contributed by atoms with E-state index < -0.39 is 0 Å². The van der Waals surface area contributed by atoms with E-state index >= 15 is 0 Å². The lowest BCUT2D eigenvalue weighted by Crippen LogP contribution is -2.38. The molecule has 1 aliphatic rings. The van der Waals surface area contributed by atoms with Gasteiger partial charge in [-0.15, -0.1) is 0 Å². The van der Waals surface area contributed by atoms with Gasteiger partial charge in [0.15, 0.2) is 0 Å². The second kappa shape index (κ2) is 7.52. The van der Waals surface area contributed by atoms with Gasteiger partial charge in [-0.1, -0.05) is 18.9 Å². The number of nitrogens with one attached hydrogen (secondary N) is 1. The number of aliphatic hydroxyl groups is 1. The standard InChI is InChI=1S/C16H23FN2O2/c1-19(10-12-5-2-3-8-15(12)20)11-16(21)18-14-7-4-6-13(17)9-14/h4,6-7,9,12,15,20H,2-3,5,8,10-11H2,1H3,(H,18,21). The molecule has 4 nitrogen and oxygen atoms in total. The Hall–Kier alpha value is -1.46. The lowest BCUT2D eigenvalue weighted by Gasteiger charge is -2.30. The second-order valence-corrected chi connectivity index (χ2v) is 5.87. The predicted octanol–water partition coefficient (Wildman–Crippen LogP) is 2.25. The molecule has 0 aliphatic heterocycles. The molecule has 1 amide bonds. The number of hydrogen-bond donors (Lipinski definition) is 2. The van der Waals surface area contributed by atoms with Gasteiger partial charge in [0.25, 0.3) is 0 Å². The first-order valence-corrected chi connectivity index (χ1v) is 7.46. The molecular weight excluding hydrogens is 271 g/mol. The summed E-state index contributed by atoms with van der Waals surface area (Å²) in [5, 5.41) is 12.6. The van der Waals surface area contributed by atoms with E-state index in [4.69, 9.17) is 0 Å². The Kier molecular flexibility index (Phi) is 5.70. The quantitative estimate of drug-likeness (QED) is 0.876. The van der Waals surface area contributed by atoms with Crippen LogP contribution >= 0.6 is 0 Å².